The first-order valence-corrected chi connectivity index (χ1v) is 7.13. The lowest BCUT2D eigenvalue weighted by molar-refractivity contribution is -0.530. The zero-order chi connectivity index (χ0) is 16.2. The van der Waals surface area contributed by atoms with Crippen LogP contribution in [0.25, 0.3) is 0 Å². The highest BCUT2D eigenvalue weighted by Gasteiger charge is 2.17. The molecule has 0 fully saturated rings. The third-order valence-electron chi connectivity index (χ3n) is 3.13. The number of hydroxylamine groups is 1. The highest BCUT2D eigenvalue weighted by molar-refractivity contribution is 5.76. The lowest BCUT2D eigenvalue weighted by atomic mass is 10.1. The Morgan fingerprint density at radius 2 is 1.64 bits per heavy atom. The lowest BCUT2D eigenvalue weighted by Crippen LogP contribution is -2.29. The quantitative estimate of drug-likeness (QED) is 0.368. The zero-order valence-electron chi connectivity index (χ0n) is 13.0. The van der Waals surface area contributed by atoms with E-state index in [2.05, 4.69) is 0 Å². The molecule has 2 rings (SSSR count). The Labute approximate surface area is 130 Å². The van der Waals surface area contributed by atoms with Crippen molar-refractivity contribution in [3.05, 3.63) is 70.7 Å². The van der Waals surface area contributed by atoms with Crippen LogP contribution in [0.2, 0.25) is 0 Å². The van der Waals surface area contributed by atoms with Crippen LogP contribution in [0, 0.1) is 11.0 Å². The molecule has 0 unspecified atom stereocenters. The molecule has 2 aromatic carbocycles. The van der Waals surface area contributed by atoms with Gasteiger partial charge in [0.15, 0.2) is 11.8 Å². The van der Waals surface area contributed by atoms with Gasteiger partial charge in [0.05, 0.1) is 0 Å². The van der Waals surface area contributed by atoms with Gasteiger partial charge in [0.1, 0.15) is 18.2 Å². The maximum Gasteiger partial charge on any atom is 0.182 e. The Morgan fingerprint density at radius 3 is 2.18 bits per heavy atom. The molecule has 3 nitrogen and oxygen atoms in total. The maximum absolute atomic E-state index is 12.8. The van der Waals surface area contributed by atoms with Gasteiger partial charge in [-0.25, -0.2) is 9.13 Å². The Balaban J connectivity index is 1.99. The second-order valence-electron chi connectivity index (χ2n) is 6.11. The number of hydrogen-bond donors (Lipinski definition) is 0. The van der Waals surface area contributed by atoms with Crippen molar-refractivity contribution in [2.75, 3.05) is 0 Å². The Morgan fingerprint density at radius 1 is 1.05 bits per heavy atom. The van der Waals surface area contributed by atoms with Crippen LogP contribution in [0.5, 0.6) is 5.75 Å². The first-order chi connectivity index (χ1) is 10.3. The summed E-state index contributed by atoms with van der Waals surface area (Å²) in [5, 5.41) is 11.9. The van der Waals surface area contributed by atoms with Crippen LogP contribution in [0.3, 0.4) is 0 Å². The van der Waals surface area contributed by atoms with Crippen LogP contribution in [0.4, 0.5) is 4.39 Å². The molecule has 22 heavy (non-hydrogen) atoms. The number of halogens is 1. The molecule has 0 radical (unpaired) electrons. The molecule has 0 aliphatic carbocycles. The molecule has 2 aromatic rings. The predicted molar refractivity (Wildman–Crippen MR) is 85.7 cm³/mol. The molecule has 0 aromatic heterocycles. The summed E-state index contributed by atoms with van der Waals surface area (Å²) in [6, 6.07) is 13.5. The van der Waals surface area contributed by atoms with E-state index in [1.807, 2.05) is 45.0 Å². The molecule has 0 bridgehead atoms. The Kier molecular flexibility index (Phi) is 4.81. The van der Waals surface area contributed by atoms with E-state index >= 15 is 0 Å². The van der Waals surface area contributed by atoms with E-state index in [0.717, 1.165) is 15.9 Å². The molecule has 116 valence electrons. The fourth-order valence-electron chi connectivity index (χ4n) is 1.73. The number of nitrogens with zero attached hydrogens (tertiary/aromatic N) is 1. The van der Waals surface area contributed by atoms with Gasteiger partial charge < -0.3 is 9.94 Å². The predicted octanol–water partition coefficient (Wildman–Crippen LogP) is 4.13. The molecular weight excluding hydrogens is 281 g/mol. The van der Waals surface area contributed by atoms with Crippen molar-refractivity contribution in [2.24, 2.45) is 0 Å². The second kappa shape index (κ2) is 6.60. The van der Waals surface area contributed by atoms with Crippen LogP contribution in [0.15, 0.2) is 48.5 Å². The van der Waals surface area contributed by atoms with Gasteiger partial charge in [-0.3, -0.25) is 0 Å². The van der Waals surface area contributed by atoms with E-state index in [0.29, 0.717) is 12.4 Å². The monoisotopic (exact) mass is 301 g/mol. The minimum absolute atomic E-state index is 0.260. The largest absolute Gasteiger partial charge is 0.623 e. The van der Waals surface area contributed by atoms with Gasteiger partial charge in [0.2, 0.25) is 0 Å². The van der Waals surface area contributed by atoms with Gasteiger partial charge in [-0.05, 0) is 42.0 Å². The minimum atomic E-state index is -0.461. The van der Waals surface area contributed by atoms with Crippen molar-refractivity contribution in [3.8, 4) is 5.75 Å². The summed E-state index contributed by atoms with van der Waals surface area (Å²) in [5.41, 5.74) is 1.26. The molecule has 0 heterocycles. The number of benzene rings is 2. The van der Waals surface area contributed by atoms with E-state index in [-0.39, 0.29) is 5.82 Å². The van der Waals surface area contributed by atoms with Crippen molar-refractivity contribution in [1.82, 2.24) is 0 Å². The first-order valence-electron chi connectivity index (χ1n) is 7.13. The van der Waals surface area contributed by atoms with Crippen molar-refractivity contribution in [1.29, 1.82) is 0 Å². The molecule has 0 aliphatic rings. The number of hydrogen-bond acceptors (Lipinski definition) is 2. The van der Waals surface area contributed by atoms with E-state index in [9.17, 15) is 9.60 Å². The molecule has 0 N–H and O–H groups in total. The van der Waals surface area contributed by atoms with E-state index in [4.69, 9.17) is 4.74 Å². The standard InChI is InChI=1S/C18H20FNO2/c1-18(2,3)20(21)12-14-6-10-17(11-7-14)22-13-15-4-8-16(19)9-5-15/h4-12H,13H2,1-3H3. The van der Waals surface area contributed by atoms with E-state index < -0.39 is 5.54 Å². The van der Waals surface area contributed by atoms with Crippen LogP contribution in [0.1, 0.15) is 31.9 Å². The van der Waals surface area contributed by atoms with Crippen LogP contribution in [-0.4, -0.2) is 16.5 Å². The lowest BCUT2D eigenvalue weighted by Gasteiger charge is -2.18. The smallest absolute Gasteiger partial charge is 0.182 e. The molecular formula is C18H20FNO2. The molecule has 0 aliphatic heterocycles. The normalized spacial score (nSPS) is 12.3. The number of ether oxygens (including phenoxy) is 1. The summed E-state index contributed by atoms with van der Waals surface area (Å²) in [6.45, 7) is 5.95. The maximum atomic E-state index is 12.8. The fourth-order valence-corrected chi connectivity index (χ4v) is 1.73. The topological polar surface area (TPSA) is 35.3 Å². The van der Waals surface area contributed by atoms with Crippen molar-refractivity contribution < 1.29 is 13.9 Å². The average Bonchev–Trinajstić information content (AvgIpc) is 2.47. The molecule has 0 saturated heterocycles. The summed E-state index contributed by atoms with van der Waals surface area (Å²) < 4.78 is 19.4. The van der Waals surface area contributed by atoms with Gasteiger partial charge in [0.25, 0.3) is 0 Å². The first kappa shape index (κ1) is 16.0. The van der Waals surface area contributed by atoms with Gasteiger partial charge in [-0.2, -0.15) is 0 Å². The minimum Gasteiger partial charge on any atom is -0.623 e. The van der Waals surface area contributed by atoms with Gasteiger partial charge in [0, 0.05) is 26.3 Å². The fraction of sp³-hybridized carbons (Fsp3) is 0.278. The summed E-state index contributed by atoms with van der Waals surface area (Å²) >= 11 is 0. The molecule has 4 heteroatoms. The third kappa shape index (κ3) is 4.58. The van der Waals surface area contributed by atoms with Gasteiger partial charge >= 0.3 is 0 Å². The van der Waals surface area contributed by atoms with Crippen molar-refractivity contribution in [3.63, 3.8) is 0 Å². The molecule has 0 atom stereocenters. The van der Waals surface area contributed by atoms with Gasteiger partial charge in [-0.1, -0.05) is 12.1 Å². The van der Waals surface area contributed by atoms with E-state index in [1.165, 1.54) is 12.1 Å². The third-order valence-corrected chi connectivity index (χ3v) is 3.13. The summed E-state index contributed by atoms with van der Waals surface area (Å²) in [4.78, 5) is 0. The average molecular weight is 301 g/mol. The summed E-state index contributed by atoms with van der Waals surface area (Å²) in [7, 11) is 0. The Bertz CT molecular complexity index is 640. The number of rotatable bonds is 4. The highest BCUT2D eigenvalue weighted by Crippen LogP contribution is 2.14. The van der Waals surface area contributed by atoms with E-state index in [1.54, 1.807) is 18.3 Å². The zero-order valence-corrected chi connectivity index (χ0v) is 13.0. The Hall–Kier alpha value is -2.36. The highest BCUT2D eigenvalue weighted by atomic mass is 19.1. The summed E-state index contributed by atoms with van der Waals surface area (Å²) in [5.74, 6) is 0.444. The van der Waals surface area contributed by atoms with Crippen LogP contribution < -0.4 is 4.74 Å². The molecule has 0 saturated carbocycles. The van der Waals surface area contributed by atoms with Crippen LogP contribution in [-0.2, 0) is 6.61 Å². The van der Waals surface area contributed by atoms with Crippen molar-refractivity contribution in [2.45, 2.75) is 32.9 Å². The summed E-state index contributed by atoms with van der Waals surface area (Å²) in [6.07, 6.45) is 1.56. The van der Waals surface area contributed by atoms with Gasteiger partial charge in [-0.15, -0.1) is 0 Å². The molecule has 0 amide bonds. The second-order valence-corrected chi connectivity index (χ2v) is 6.11. The SMILES string of the molecule is CC(C)(C)[N+]([O-])=Cc1ccc(OCc2ccc(F)cc2)cc1. The van der Waals surface area contributed by atoms with Crippen LogP contribution >= 0.6 is 0 Å². The van der Waals surface area contributed by atoms with Crippen molar-refractivity contribution >= 4 is 6.21 Å². The molecule has 0 spiro atoms.